The Balaban J connectivity index is 2.26. The maximum Gasteiger partial charge on any atom is 0.366 e. The van der Waals surface area contributed by atoms with Crippen LogP contribution in [0.2, 0.25) is 0 Å². The molecule has 0 heterocycles. The SMILES string of the molecule is COC(=O)C(F)=CC1(c2ccc(F)cc2)CC1. The first-order chi connectivity index (χ1) is 8.07. The van der Waals surface area contributed by atoms with Crippen molar-refractivity contribution in [3.63, 3.8) is 0 Å². The number of allylic oxidation sites excluding steroid dienone is 1. The molecule has 1 aliphatic rings. The van der Waals surface area contributed by atoms with Gasteiger partial charge in [-0.25, -0.2) is 9.18 Å². The van der Waals surface area contributed by atoms with Crippen molar-refractivity contribution in [2.24, 2.45) is 0 Å². The highest BCUT2D eigenvalue weighted by molar-refractivity contribution is 5.86. The van der Waals surface area contributed by atoms with E-state index in [1.54, 1.807) is 12.1 Å². The number of hydrogen-bond acceptors (Lipinski definition) is 2. The van der Waals surface area contributed by atoms with Crippen LogP contribution in [-0.2, 0) is 14.9 Å². The minimum atomic E-state index is -0.974. The fourth-order valence-corrected chi connectivity index (χ4v) is 1.83. The third kappa shape index (κ3) is 2.35. The summed E-state index contributed by atoms with van der Waals surface area (Å²) in [6.07, 6.45) is 2.78. The van der Waals surface area contributed by atoms with Crippen molar-refractivity contribution in [3.8, 4) is 0 Å². The second kappa shape index (κ2) is 4.28. The molecule has 1 aromatic rings. The number of ether oxygens (including phenoxy) is 1. The average molecular weight is 238 g/mol. The number of rotatable bonds is 3. The van der Waals surface area contributed by atoms with Gasteiger partial charge in [0.25, 0.3) is 0 Å². The topological polar surface area (TPSA) is 26.3 Å². The van der Waals surface area contributed by atoms with Gasteiger partial charge in [-0.15, -0.1) is 0 Å². The van der Waals surface area contributed by atoms with E-state index < -0.39 is 17.2 Å². The number of hydrogen-bond donors (Lipinski definition) is 0. The van der Waals surface area contributed by atoms with Crippen LogP contribution in [0.15, 0.2) is 36.2 Å². The molecule has 1 fully saturated rings. The minimum Gasteiger partial charge on any atom is -0.464 e. The lowest BCUT2D eigenvalue weighted by Crippen LogP contribution is -2.08. The summed E-state index contributed by atoms with van der Waals surface area (Å²) in [7, 11) is 1.13. The summed E-state index contributed by atoms with van der Waals surface area (Å²) in [6, 6.07) is 5.89. The van der Waals surface area contributed by atoms with Crippen LogP contribution < -0.4 is 0 Å². The maximum atomic E-state index is 13.4. The zero-order valence-corrected chi connectivity index (χ0v) is 9.37. The molecule has 0 radical (unpaired) electrons. The first kappa shape index (κ1) is 11.8. The van der Waals surface area contributed by atoms with Crippen LogP contribution >= 0.6 is 0 Å². The fraction of sp³-hybridized carbons (Fsp3) is 0.308. The lowest BCUT2D eigenvalue weighted by molar-refractivity contribution is -0.137. The molecule has 90 valence electrons. The van der Waals surface area contributed by atoms with Gasteiger partial charge < -0.3 is 4.74 Å². The Morgan fingerprint density at radius 2 is 1.94 bits per heavy atom. The van der Waals surface area contributed by atoms with Crippen LogP contribution in [0.1, 0.15) is 18.4 Å². The molecular weight excluding hydrogens is 226 g/mol. The molecule has 0 spiro atoms. The number of methoxy groups -OCH3 is 1. The molecule has 1 aliphatic carbocycles. The van der Waals surface area contributed by atoms with Gasteiger partial charge >= 0.3 is 5.97 Å². The van der Waals surface area contributed by atoms with Crippen LogP contribution in [0.25, 0.3) is 0 Å². The average Bonchev–Trinajstić information content (AvgIpc) is 3.09. The van der Waals surface area contributed by atoms with Crippen LogP contribution in [-0.4, -0.2) is 13.1 Å². The fourth-order valence-electron chi connectivity index (χ4n) is 1.83. The molecule has 4 heteroatoms. The lowest BCUT2D eigenvalue weighted by Gasteiger charge is -2.10. The zero-order chi connectivity index (χ0) is 12.5. The monoisotopic (exact) mass is 238 g/mol. The highest BCUT2D eigenvalue weighted by Crippen LogP contribution is 2.50. The Kier molecular flexibility index (Phi) is 2.96. The van der Waals surface area contributed by atoms with Gasteiger partial charge in [0.15, 0.2) is 0 Å². The van der Waals surface area contributed by atoms with Gasteiger partial charge in [-0.2, -0.15) is 4.39 Å². The van der Waals surface area contributed by atoms with Crippen molar-refractivity contribution in [1.82, 2.24) is 0 Å². The highest BCUT2D eigenvalue weighted by atomic mass is 19.1. The summed E-state index contributed by atoms with van der Waals surface area (Å²) in [6.45, 7) is 0. The van der Waals surface area contributed by atoms with Gasteiger partial charge in [-0.05, 0) is 36.6 Å². The first-order valence-corrected chi connectivity index (χ1v) is 5.30. The summed E-state index contributed by atoms with van der Waals surface area (Å²) in [5.74, 6) is -2.20. The predicted octanol–water partition coefficient (Wildman–Crippen LogP) is 2.88. The molecule has 0 atom stereocenters. The zero-order valence-electron chi connectivity index (χ0n) is 9.37. The Hall–Kier alpha value is -1.71. The van der Waals surface area contributed by atoms with E-state index in [0.29, 0.717) is 0 Å². The van der Waals surface area contributed by atoms with Crippen molar-refractivity contribution in [1.29, 1.82) is 0 Å². The van der Waals surface area contributed by atoms with Crippen LogP contribution in [0.3, 0.4) is 0 Å². The van der Waals surface area contributed by atoms with Crippen LogP contribution in [0.5, 0.6) is 0 Å². The smallest absolute Gasteiger partial charge is 0.366 e. The first-order valence-electron chi connectivity index (χ1n) is 5.30. The van der Waals surface area contributed by atoms with Crippen molar-refractivity contribution >= 4 is 5.97 Å². The van der Waals surface area contributed by atoms with Crippen LogP contribution in [0.4, 0.5) is 8.78 Å². The Labute approximate surface area is 97.9 Å². The number of esters is 1. The minimum absolute atomic E-state index is 0.332. The van der Waals surface area contributed by atoms with Gasteiger partial charge in [0.1, 0.15) is 5.82 Å². The summed E-state index contributed by atoms with van der Waals surface area (Å²) >= 11 is 0. The van der Waals surface area contributed by atoms with Crippen LogP contribution in [0, 0.1) is 5.82 Å². The van der Waals surface area contributed by atoms with E-state index in [2.05, 4.69) is 4.74 Å². The van der Waals surface area contributed by atoms with Gasteiger partial charge in [-0.3, -0.25) is 0 Å². The number of carbonyl (C=O) groups is 1. The van der Waals surface area contributed by atoms with E-state index in [4.69, 9.17) is 0 Å². The van der Waals surface area contributed by atoms with Gasteiger partial charge in [0.05, 0.1) is 7.11 Å². The van der Waals surface area contributed by atoms with E-state index >= 15 is 0 Å². The largest absolute Gasteiger partial charge is 0.464 e. The molecule has 17 heavy (non-hydrogen) atoms. The standard InChI is InChI=1S/C13H12F2O2/c1-17-12(16)11(15)8-13(6-7-13)9-2-4-10(14)5-3-9/h2-5,8H,6-7H2,1H3. The van der Waals surface area contributed by atoms with Gasteiger partial charge in [0.2, 0.25) is 5.83 Å². The highest BCUT2D eigenvalue weighted by Gasteiger charge is 2.43. The molecule has 0 saturated heterocycles. The van der Waals surface area contributed by atoms with Crippen molar-refractivity contribution in [2.75, 3.05) is 7.11 Å². The van der Waals surface area contributed by atoms with E-state index in [9.17, 15) is 13.6 Å². The Morgan fingerprint density at radius 3 is 2.41 bits per heavy atom. The molecule has 0 amide bonds. The predicted molar refractivity (Wildman–Crippen MR) is 58.5 cm³/mol. The number of halogens is 2. The van der Waals surface area contributed by atoms with Crippen molar-refractivity contribution in [3.05, 3.63) is 47.5 Å². The molecule has 2 nitrogen and oxygen atoms in total. The van der Waals surface area contributed by atoms with Gasteiger partial charge in [-0.1, -0.05) is 12.1 Å². The summed E-state index contributed by atoms with van der Waals surface area (Å²) in [5.41, 5.74) is 0.351. The quantitative estimate of drug-likeness (QED) is 0.598. The molecular formula is C13H12F2O2. The Bertz CT molecular complexity index is 459. The summed E-state index contributed by atoms with van der Waals surface area (Å²) in [4.78, 5) is 11.0. The second-order valence-corrected chi connectivity index (χ2v) is 4.15. The van der Waals surface area contributed by atoms with E-state index in [1.165, 1.54) is 18.2 Å². The van der Waals surface area contributed by atoms with Crippen molar-refractivity contribution in [2.45, 2.75) is 18.3 Å². The molecule has 2 rings (SSSR count). The second-order valence-electron chi connectivity index (χ2n) is 4.15. The van der Waals surface area contributed by atoms with E-state index in [0.717, 1.165) is 25.5 Å². The third-order valence-corrected chi connectivity index (χ3v) is 2.99. The normalized spacial score (nSPS) is 17.7. The number of carbonyl (C=O) groups excluding carboxylic acids is 1. The lowest BCUT2D eigenvalue weighted by atomic mass is 9.95. The molecule has 0 N–H and O–H groups in total. The molecule has 0 bridgehead atoms. The van der Waals surface area contributed by atoms with Gasteiger partial charge in [0, 0.05) is 5.41 Å². The third-order valence-electron chi connectivity index (χ3n) is 2.99. The van der Waals surface area contributed by atoms with E-state index in [1.807, 2.05) is 0 Å². The maximum absolute atomic E-state index is 13.4. The molecule has 0 unspecified atom stereocenters. The molecule has 1 aromatic carbocycles. The summed E-state index contributed by atoms with van der Waals surface area (Å²) in [5, 5.41) is 0. The molecule has 0 aliphatic heterocycles. The summed E-state index contributed by atoms with van der Waals surface area (Å²) < 4.78 is 30.5. The number of benzene rings is 1. The van der Waals surface area contributed by atoms with Crippen molar-refractivity contribution < 1.29 is 18.3 Å². The molecule has 0 aromatic heterocycles. The Morgan fingerprint density at radius 1 is 1.35 bits per heavy atom. The molecule has 1 saturated carbocycles. The van der Waals surface area contributed by atoms with E-state index in [-0.39, 0.29) is 5.82 Å².